The van der Waals surface area contributed by atoms with E-state index in [0.29, 0.717) is 24.0 Å². The topological polar surface area (TPSA) is 136 Å². The molecule has 3 heterocycles. The molecule has 200 valence electrons. The highest BCUT2D eigenvalue weighted by atomic mass is 32.2. The Hall–Kier alpha value is -2.31. The third kappa shape index (κ3) is 4.58. The van der Waals surface area contributed by atoms with Crippen LogP contribution < -0.4 is 11.2 Å². The number of Topliss-reactive ketones (excluding diaryl/α,β-unsaturated/α-hetero) is 1. The molecule has 0 amide bonds. The van der Waals surface area contributed by atoms with Gasteiger partial charge in [0.2, 0.25) is 0 Å². The molecular weight excluding hydrogens is 486 g/mol. The van der Waals surface area contributed by atoms with E-state index in [0.717, 1.165) is 37.2 Å². The number of ketones is 1. The van der Waals surface area contributed by atoms with Crippen molar-refractivity contribution in [2.24, 2.45) is 30.8 Å². The van der Waals surface area contributed by atoms with Crippen LogP contribution in [0.1, 0.15) is 52.4 Å². The summed E-state index contributed by atoms with van der Waals surface area (Å²) in [5.41, 5.74) is -0.762. The second-order valence-electron chi connectivity index (χ2n) is 11.1. The van der Waals surface area contributed by atoms with Crippen LogP contribution in [0.3, 0.4) is 0 Å². The van der Waals surface area contributed by atoms with Crippen LogP contribution in [-0.4, -0.2) is 67.7 Å². The first kappa shape index (κ1) is 26.7. The van der Waals surface area contributed by atoms with Crippen molar-refractivity contribution in [3.8, 4) is 0 Å². The van der Waals surface area contributed by atoms with E-state index in [1.54, 1.807) is 13.4 Å². The second kappa shape index (κ2) is 9.53. The van der Waals surface area contributed by atoms with Gasteiger partial charge in [0, 0.05) is 33.6 Å². The lowest BCUT2D eigenvalue weighted by atomic mass is 9.70. The fraction of sp³-hybridized carbons (Fsp3) is 0.750. The number of hydrogen-bond acceptors (Lipinski definition) is 7. The van der Waals surface area contributed by atoms with E-state index in [1.165, 1.54) is 30.9 Å². The first-order valence-corrected chi connectivity index (χ1v) is 14.2. The zero-order valence-electron chi connectivity index (χ0n) is 21.6. The maximum atomic E-state index is 12.3. The van der Waals surface area contributed by atoms with Crippen molar-refractivity contribution in [1.29, 1.82) is 0 Å². The number of aromatic nitrogens is 4. The summed E-state index contributed by atoms with van der Waals surface area (Å²) in [6.45, 7) is 7.79. The summed E-state index contributed by atoms with van der Waals surface area (Å²) in [6, 6.07) is 0. The number of carbonyl (C=O) groups is 1. The van der Waals surface area contributed by atoms with Crippen molar-refractivity contribution in [1.82, 2.24) is 23.6 Å². The van der Waals surface area contributed by atoms with E-state index < -0.39 is 21.3 Å². The Labute approximate surface area is 210 Å². The van der Waals surface area contributed by atoms with E-state index in [4.69, 9.17) is 4.55 Å². The van der Waals surface area contributed by atoms with Crippen LogP contribution in [-0.2, 0) is 35.6 Å². The largest absolute Gasteiger partial charge is 0.332 e. The maximum Gasteiger partial charge on any atom is 0.332 e. The Bertz CT molecular complexity index is 1380. The van der Waals surface area contributed by atoms with E-state index in [1.807, 2.05) is 18.4 Å². The quantitative estimate of drug-likeness (QED) is 0.577. The Morgan fingerprint density at radius 3 is 2.28 bits per heavy atom. The van der Waals surface area contributed by atoms with E-state index >= 15 is 0 Å². The van der Waals surface area contributed by atoms with Gasteiger partial charge in [-0.05, 0) is 50.1 Å². The van der Waals surface area contributed by atoms with Crippen LogP contribution in [0.2, 0.25) is 0 Å². The van der Waals surface area contributed by atoms with Gasteiger partial charge in [0.25, 0.3) is 15.7 Å². The first-order valence-electron chi connectivity index (χ1n) is 12.6. The van der Waals surface area contributed by atoms with Crippen molar-refractivity contribution in [2.75, 3.05) is 25.4 Å². The van der Waals surface area contributed by atoms with Crippen LogP contribution in [0.15, 0.2) is 15.9 Å². The highest BCUT2D eigenvalue weighted by Gasteiger charge is 2.65. The molecule has 2 saturated carbocycles. The van der Waals surface area contributed by atoms with Gasteiger partial charge in [-0.25, -0.2) is 9.78 Å². The number of likely N-dealkylation sites (tertiary alicyclic amines) is 1. The maximum absolute atomic E-state index is 12.3. The van der Waals surface area contributed by atoms with Gasteiger partial charge in [0.1, 0.15) is 5.78 Å². The molecule has 1 saturated heterocycles. The Balaban J connectivity index is 0.000000179. The van der Waals surface area contributed by atoms with Gasteiger partial charge in [-0.3, -0.25) is 23.3 Å². The van der Waals surface area contributed by atoms with Crippen LogP contribution in [0.25, 0.3) is 11.2 Å². The molecule has 2 atom stereocenters. The third-order valence-electron chi connectivity index (χ3n) is 8.89. The van der Waals surface area contributed by atoms with E-state index in [9.17, 15) is 22.8 Å². The lowest BCUT2D eigenvalue weighted by Crippen LogP contribution is -2.42. The van der Waals surface area contributed by atoms with Gasteiger partial charge < -0.3 is 9.47 Å². The molecule has 3 aliphatic rings. The van der Waals surface area contributed by atoms with Crippen molar-refractivity contribution in [2.45, 2.75) is 58.9 Å². The molecule has 2 aromatic heterocycles. The molecule has 36 heavy (non-hydrogen) atoms. The average molecular weight is 524 g/mol. The van der Waals surface area contributed by atoms with Crippen molar-refractivity contribution in [3.05, 3.63) is 27.2 Å². The zero-order chi connectivity index (χ0) is 26.5. The van der Waals surface area contributed by atoms with E-state index in [-0.39, 0.29) is 28.4 Å². The molecule has 2 unspecified atom stereocenters. The summed E-state index contributed by atoms with van der Waals surface area (Å²) in [4.78, 5) is 42.7. The van der Waals surface area contributed by atoms with Crippen molar-refractivity contribution in [3.63, 3.8) is 0 Å². The SMILES string of the molecule is CC1(C)C2CCC1(CS(=O)(=O)O)C(=O)C2.Cn1c(=O)c2c(ncn2CCN2CCCCC2)n(C)c1=O. The van der Waals surface area contributed by atoms with Crippen LogP contribution in [0.4, 0.5) is 0 Å². The van der Waals surface area contributed by atoms with Gasteiger partial charge in [-0.15, -0.1) is 0 Å². The molecule has 1 N–H and O–H groups in total. The van der Waals surface area contributed by atoms with Gasteiger partial charge >= 0.3 is 5.69 Å². The molecule has 2 aromatic rings. The number of carbonyl (C=O) groups excluding carboxylic acids is 1. The molecule has 11 nitrogen and oxygen atoms in total. The normalized spacial score (nSPS) is 25.8. The lowest BCUT2D eigenvalue weighted by molar-refractivity contribution is -0.128. The molecule has 0 radical (unpaired) electrons. The highest BCUT2D eigenvalue weighted by molar-refractivity contribution is 7.85. The number of imidazole rings is 1. The third-order valence-corrected chi connectivity index (χ3v) is 9.75. The van der Waals surface area contributed by atoms with Crippen molar-refractivity contribution >= 4 is 27.1 Å². The number of rotatable bonds is 5. The predicted molar refractivity (Wildman–Crippen MR) is 135 cm³/mol. The Morgan fingerprint density at radius 1 is 1.06 bits per heavy atom. The summed E-state index contributed by atoms with van der Waals surface area (Å²) in [5.74, 6) is -0.101. The molecule has 5 rings (SSSR count). The molecule has 0 spiro atoms. The minimum Gasteiger partial charge on any atom is -0.323 e. The minimum atomic E-state index is -4.08. The fourth-order valence-electron chi connectivity index (χ4n) is 6.42. The average Bonchev–Trinajstić information content (AvgIpc) is 3.40. The number of fused-ring (bicyclic) bond motifs is 3. The minimum absolute atomic E-state index is 0.0152. The molecule has 3 fully saturated rings. The monoisotopic (exact) mass is 523 g/mol. The standard InChI is InChI=1S/C14H21N5O2.C10H16O4S/c1-16-12-11(13(20)17(2)14(16)21)19(10-15-12)9-8-18-6-4-3-5-7-18;1-9(2)7-3-4-10(9,8(11)5-7)6-15(12,13)14/h10H,3-9H2,1-2H3;7H,3-6H2,1-2H3,(H,12,13,14). The summed E-state index contributed by atoms with van der Waals surface area (Å²) < 4.78 is 35.4. The number of aryl methyl sites for hydroxylation is 1. The summed E-state index contributed by atoms with van der Waals surface area (Å²) >= 11 is 0. The van der Waals surface area contributed by atoms with Crippen LogP contribution in [0, 0.1) is 16.7 Å². The van der Waals surface area contributed by atoms with E-state index in [2.05, 4.69) is 9.88 Å². The first-order chi connectivity index (χ1) is 16.8. The Kier molecular flexibility index (Phi) is 7.08. The van der Waals surface area contributed by atoms with Crippen LogP contribution >= 0.6 is 0 Å². The number of hydrogen-bond donors (Lipinski definition) is 1. The molecular formula is C24H37N5O6S. The molecule has 0 aromatic carbocycles. The summed E-state index contributed by atoms with van der Waals surface area (Å²) in [7, 11) is -0.925. The highest BCUT2D eigenvalue weighted by Crippen LogP contribution is 2.64. The van der Waals surface area contributed by atoms with Gasteiger partial charge in [0.05, 0.1) is 17.5 Å². The second-order valence-corrected chi connectivity index (χ2v) is 12.6. The zero-order valence-corrected chi connectivity index (χ0v) is 22.4. The smallest absolute Gasteiger partial charge is 0.323 e. The van der Waals surface area contributed by atoms with Gasteiger partial charge in [-0.1, -0.05) is 20.3 Å². The summed E-state index contributed by atoms with van der Waals surface area (Å²) in [6.07, 6.45) is 7.45. The number of nitrogens with zero attached hydrogens (tertiary/aromatic N) is 5. The number of piperidine rings is 1. The van der Waals surface area contributed by atoms with Gasteiger partial charge in [0.15, 0.2) is 11.2 Å². The molecule has 1 aliphatic heterocycles. The van der Waals surface area contributed by atoms with Crippen LogP contribution in [0.5, 0.6) is 0 Å². The summed E-state index contributed by atoms with van der Waals surface area (Å²) in [5, 5.41) is 0. The predicted octanol–water partition coefficient (Wildman–Crippen LogP) is 1.19. The fourth-order valence-corrected chi connectivity index (χ4v) is 7.72. The van der Waals surface area contributed by atoms with Gasteiger partial charge in [-0.2, -0.15) is 8.42 Å². The van der Waals surface area contributed by atoms with Crippen molar-refractivity contribution < 1.29 is 17.8 Å². The molecule has 12 heteroatoms. The Morgan fingerprint density at radius 2 is 1.72 bits per heavy atom. The molecule has 2 aliphatic carbocycles. The lowest BCUT2D eigenvalue weighted by Gasteiger charge is -2.35. The molecule has 2 bridgehead atoms.